The number of sulfonamides is 1. The Balaban J connectivity index is 2.09. The smallest absolute Gasteiger partial charge is 0.264 e. The van der Waals surface area contributed by atoms with Gasteiger partial charge in [0.25, 0.3) is 10.0 Å². The van der Waals surface area contributed by atoms with Crippen molar-refractivity contribution in [1.82, 2.24) is 10.2 Å². The third-order valence-electron chi connectivity index (χ3n) is 6.58. The molecule has 0 aliphatic heterocycles. The van der Waals surface area contributed by atoms with E-state index in [1.165, 1.54) is 61.6 Å². The van der Waals surface area contributed by atoms with Crippen LogP contribution in [0.4, 0.5) is 5.69 Å². The molecule has 0 aliphatic carbocycles. The van der Waals surface area contributed by atoms with Crippen LogP contribution in [0, 0.1) is 5.92 Å². The molecule has 0 bridgehead atoms. The van der Waals surface area contributed by atoms with Crippen LogP contribution in [0.3, 0.4) is 0 Å². The molecular weight excluding hydrogens is 637 g/mol. The lowest BCUT2D eigenvalue weighted by Gasteiger charge is -2.32. The first-order valence-electron chi connectivity index (χ1n) is 13.3. The van der Waals surface area contributed by atoms with E-state index in [1.54, 1.807) is 25.1 Å². The van der Waals surface area contributed by atoms with Gasteiger partial charge in [0.15, 0.2) is 11.5 Å². The lowest BCUT2D eigenvalue weighted by Crippen LogP contribution is -2.51. The quantitative estimate of drug-likeness (QED) is 0.238. The summed E-state index contributed by atoms with van der Waals surface area (Å²) in [7, 11) is -1.53. The molecule has 3 aromatic carbocycles. The minimum Gasteiger partial charge on any atom is -0.493 e. The fourth-order valence-electron chi connectivity index (χ4n) is 4.13. The summed E-state index contributed by atoms with van der Waals surface area (Å²) in [4.78, 5) is 28.4. The van der Waals surface area contributed by atoms with Crippen molar-refractivity contribution < 1.29 is 27.5 Å². The number of rotatable bonds is 13. The van der Waals surface area contributed by atoms with Crippen LogP contribution in [0.2, 0.25) is 15.1 Å². The maximum Gasteiger partial charge on any atom is 0.264 e. The summed E-state index contributed by atoms with van der Waals surface area (Å²) in [6, 6.07) is 14.0. The van der Waals surface area contributed by atoms with Crippen molar-refractivity contribution in [3.63, 3.8) is 0 Å². The fraction of sp³-hybridized carbons (Fsp3) is 0.333. The Morgan fingerprint density at radius 2 is 1.49 bits per heavy atom. The molecule has 0 aliphatic rings. The van der Waals surface area contributed by atoms with Gasteiger partial charge in [-0.05, 0) is 61.4 Å². The number of halogens is 3. The summed E-state index contributed by atoms with van der Waals surface area (Å²) in [6.45, 7) is 5.05. The maximum atomic E-state index is 14.1. The Bertz CT molecular complexity index is 1530. The largest absolute Gasteiger partial charge is 0.493 e. The summed E-state index contributed by atoms with van der Waals surface area (Å²) >= 11 is 18.9. The Morgan fingerprint density at radius 3 is 2.05 bits per heavy atom. The fourth-order valence-corrected chi connectivity index (χ4v) is 6.20. The zero-order valence-electron chi connectivity index (χ0n) is 24.4. The van der Waals surface area contributed by atoms with Gasteiger partial charge in [0.1, 0.15) is 12.6 Å². The van der Waals surface area contributed by atoms with Gasteiger partial charge in [0.2, 0.25) is 11.8 Å². The Hall–Kier alpha value is -3.18. The number of hydrogen-bond donors (Lipinski definition) is 1. The van der Waals surface area contributed by atoms with Gasteiger partial charge in [-0.3, -0.25) is 13.9 Å². The highest BCUT2D eigenvalue weighted by molar-refractivity contribution is 7.92. The van der Waals surface area contributed by atoms with Gasteiger partial charge in [0, 0.05) is 39.8 Å². The molecule has 2 amide bonds. The number of benzene rings is 3. The highest BCUT2D eigenvalue weighted by Gasteiger charge is 2.33. The van der Waals surface area contributed by atoms with E-state index in [0.717, 1.165) is 4.31 Å². The minimum atomic E-state index is -4.36. The Labute approximate surface area is 267 Å². The number of carbonyl (C=O) groups is 2. The van der Waals surface area contributed by atoms with E-state index >= 15 is 0 Å². The number of ether oxygens (including phenoxy) is 2. The van der Waals surface area contributed by atoms with Crippen molar-refractivity contribution in [2.75, 3.05) is 31.6 Å². The molecule has 9 nitrogen and oxygen atoms in total. The molecule has 0 heterocycles. The first-order chi connectivity index (χ1) is 20.3. The van der Waals surface area contributed by atoms with Gasteiger partial charge in [-0.2, -0.15) is 0 Å². The molecule has 0 fully saturated rings. The van der Waals surface area contributed by atoms with Crippen LogP contribution < -0.4 is 19.1 Å². The third kappa shape index (κ3) is 8.47. The molecule has 1 atom stereocenters. The van der Waals surface area contributed by atoms with Gasteiger partial charge in [-0.15, -0.1) is 0 Å². The number of nitrogens with one attached hydrogen (secondary N) is 1. The first kappa shape index (κ1) is 34.3. The predicted octanol–water partition coefficient (Wildman–Crippen LogP) is 6.05. The molecule has 43 heavy (non-hydrogen) atoms. The van der Waals surface area contributed by atoms with E-state index in [-0.39, 0.29) is 28.8 Å². The average Bonchev–Trinajstić information content (AvgIpc) is 2.98. The van der Waals surface area contributed by atoms with Crippen molar-refractivity contribution in [1.29, 1.82) is 0 Å². The SMILES string of the molecule is COc1ccc(S(=O)(=O)N(CC(=O)N(Cc2c(Cl)cccc2Cl)[C@@H](C)C(=O)NCC(C)C)c2ccc(Cl)cc2)cc1OC. The lowest BCUT2D eigenvalue weighted by molar-refractivity contribution is -0.139. The number of hydrogen-bond acceptors (Lipinski definition) is 6. The maximum absolute atomic E-state index is 14.1. The molecule has 13 heteroatoms. The highest BCUT2D eigenvalue weighted by Crippen LogP contribution is 2.33. The molecular formula is C30H34Cl3N3O6S. The standard InChI is InChI=1S/C30H34Cl3N3O6S/c1-19(2)16-34-30(38)20(3)35(17-24-25(32)7-6-8-26(24)33)29(37)18-36(22-11-9-21(31)10-12-22)43(39,40)23-13-14-27(41-4)28(15-23)42-5/h6-15,19-20H,16-18H2,1-5H3,(H,34,38)/t20-/m0/s1. The van der Waals surface area contributed by atoms with E-state index in [2.05, 4.69) is 5.32 Å². The van der Waals surface area contributed by atoms with Crippen LogP contribution in [-0.4, -0.2) is 58.5 Å². The number of methoxy groups -OCH3 is 2. The van der Waals surface area contributed by atoms with Crippen LogP contribution in [0.1, 0.15) is 26.3 Å². The first-order valence-corrected chi connectivity index (χ1v) is 15.9. The lowest BCUT2D eigenvalue weighted by atomic mass is 10.1. The molecule has 0 saturated heterocycles. The van der Waals surface area contributed by atoms with Gasteiger partial charge in [0.05, 0.1) is 24.8 Å². The second-order valence-electron chi connectivity index (χ2n) is 10.0. The molecule has 0 saturated carbocycles. The third-order valence-corrected chi connectivity index (χ3v) is 9.31. The summed E-state index contributed by atoms with van der Waals surface area (Å²) in [5, 5.41) is 3.81. The summed E-state index contributed by atoms with van der Waals surface area (Å²) in [6.07, 6.45) is 0. The molecule has 0 aromatic heterocycles. The summed E-state index contributed by atoms with van der Waals surface area (Å²) < 4.78 is 39.7. The molecule has 232 valence electrons. The van der Waals surface area contributed by atoms with Crippen molar-refractivity contribution in [2.45, 2.75) is 38.3 Å². The number of anilines is 1. The van der Waals surface area contributed by atoms with Gasteiger partial charge in [-0.1, -0.05) is 54.7 Å². The van der Waals surface area contributed by atoms with Gasteiger partial charge < -0.3 is 19.7 Å². The van der Waals surface area contributed by atoms with E-state index in [9.17, 15) is 18.0 Å². The van der Waals surface area contributed by atoms with Crippen LogP contribution >= 0.6 is 34.8 Å². The molecule has 3 rings (SSSR count). The molecule has 0 spiro atoms. The van der Waals surface area contributed by atoms with E-state index in [1.807, 2.05) is 13.8 Å². The van der Waals surface area contributed by atoms with Crippen LogP contribution in [-0.2, 0) is 26.2 Å². The second-order valence-corrected chi connectivity index (χ2v) is 13.2. The number of amides is 2. The van der Waals surface area contributed by atoms with Crippen LogP contribution in [0.25, 0.3) is 0 Å². The van der Waals surface area contributed by atoms with E-state index in [0.29, 0.717) is 32.9 Å². The van der Waals surface area contributed by atoms with Gasteiger partial charge in [-0.25, -0.2) is 8.42 Å². The molecule has 3 aromatic rings. The van der Waals surface area contributed by atoms with E-state index in [4.69, 9.17) is 44.3 Å². The number of carbonyl (C=O) groups excluding carboxylic acids is 2. The van der Waals surface area contributed by atoms with Crippen LogP contribution in [0.5, 0.6) is 11.5 Å². The monoisotopic (exact) mass is 669 g/mol. The highest BCUT2D eigenvalue weighted by atomic mass is 35.5. The van der Waals surface area contributed by atoms with Crippen molar-refractivity contribution in [3.8, 4) is 11.5 Å². The normalized spacial score (nSPS) is 12.0. The van der Waals surface area contributed by atoms with Crippen LogP contribution in [0.15, 0.2) is 65.6 Å². The van der Waals surface area contributed by atoms with Gasteiger partial charge >= 0.3 is 0 Å². The zero-order valence-corrected chi connectivity index (χ0v) is 27.5. The van der Waals surface area contributed by atoms with Crippen molar-refractivity contribution in [2.24, 2.45) is 5.92 Å². The number of nitrogens with zero attached hydrogens (tertiary/aromatic N) is 2. The Morgan fingerprint density at radius 1 is 0.884 bits per heavy atom. The van der Waals surface area contributed by atoms with Crippen molar-refractivity contribution in [3.05, 3.63) is 81.3 Å². The second kappa shape index (κ2) is 15.0. The zero-order chi connectivity index (χ0) is 31.9. The molecule has 0 radical (unpaired) electrons. The molecule has 0 unspecified atom stereocenters. The van der Waals surface area contributed by atoms with E-state index < -0.39 is 34.4 Å². The topological polar surface area (TPSA) is 105 Å². The average molecular weight is 671 g/mol. The summed E-state index contributed by atoms with van der Waals surface area (Å²) in [5.74, 6) is -0.380. The minimum absolute atomic E-state index is 0.140. The Kier molecular flexibility index (Phi) is 12.0. The molecule has 1 N–H and O–H groups in total. The predicted molar refractivity (Wildman–Crippen MR) is 170 cm³/mol. The van der Waals surface area contributed by atoms with Crippen molar-refractivity contribution >= 4 is 62.3 Å². The summed E-state index contributed by atoms with van der Waals surface area (Å²) in [5.41, 5.74) is 0.601.